The Morgan fingerprint density at radius 3 is 2.93 bits per heavy atom. The number of ether oxygens (including phenoxy) is 1. The Morgan fingerprint density at radius 2 is 2.33 bits per heavy atom. The number of aromatic nitrogens is 5. The van der Waals surface area contributed by atoms with Crippen LogP contribution in [0.15, 0.2) is 12.3 Å². The minimum Gasteiger partial charge on any atom is -0.464 e. The van der Waals surface area contributed by atoms with Gasteiger partial charge in [-0.3, -0.25) is 4.68 Å². The highest BCUT2D eigenvalue weighted by atomic mass is 16.5. The van der Waals surface area contributed by atoms with Crippen LogP contribution < -0.4 is 0 Å². The predicted molar refractivity (Wildman–Crippen MR) is 49.9 cm³/mol. The van der Waals surface area contributed by atoms with Crippen molar-refractivity contribution in [3.05, 3.63) is 18.0 Å². The van der Waals surface area contributed by atoms with Crippen molar-refractivity contribution in [3.8, 4) is 11.4 Å². The topological polar surface area (TPSA) is 85.7 Å². The molecule has 0 aliphatic carbocycles. The van der Waals surface area contributed by atoms with Gasteiger partial charge in [-0.2, -0.15) is 15.4 Å². The van der Waals surface area contributed by atoms with E-state index >= 15 is 0 Å². The van der Waals surface area contributed by atoms with Crippen LogP contribution in [0.5, 0.6) is 0 Å². The first-order valence-corrected chi connectivity index (χ1v) is 4.21. The first-order chi connectivity index (χ1) is 7.24. The molecule has 78 valence electrons. The summed E-state index contributed by atoms with van der Waals surface area (Å²) in [5.74, 6) is -0.528. The molecule has 0 spiro atoms. The zero-order valence-corrected chi connectivity index (χ0v) is 8.26. The molecule has 15 heavy (non-hydrogen) atoms. The third-order valence-electron chi connectivity index (χ3n) is 1.99. The molecule has 2 aromatic rings. The van der Waals surface area contributed by atoms with E-state index in [1.807, 2.05) is 0 Å². The molecule has 0 saturated heterocycles. The molecule has 2 heterocycles. The van der Waals surface area contributed by atoms with E-state index in [0.717, 1.165) is 0 Å². The van der Waals surface area contributed by atoms with Crippen molar-refractivity contribution < 1.29 is 9.53 Å². The highest BCUT2D eigenvalue weighted by molar-refractivity contribution is 5.93. The maximum Gasteiger partial charge on any atom is 0.360 e. The maximum atomic E-state index is 11.3. The Kier molecular flexibility index (Phi) is 2.20. The molecular formula is C8H9N5O2. The Bertz CT molecular complexity index is 487. The Labute approximate surface area is 85.1 Å². The van der Waals surface area contributed by atoms with Crippen LogP contribution in [-0.2, 0) is 11.8 Å². The molecule has 2 aromatic heterocycles. The van der Waals surface area contributed by atoms with Crippen molar-refractivity contribution in [2.75, 3.05) is 7.11 Å². The van der Waals surface area contributed by atoms with E-state index in [-0.39, 0.29) is 5.69 Å². The normalized spacial score (nSPS) is 10.3. The van der Waals surface area contributed by atoms with Crippen LogP contribution in [-0.4, -0.2) is 38.3 Å². The number of nitrogens with zero attached hydrogens (tertiary/aromatic N) is 4. The summed E-state index contributed by atoms with van der Waals surface area (Å²) in [6.07, 6.45) is 1.62. The summed E-state index contributed by atoms with van der Waals surface area (Å²) in [4.78, 5) is 11.3. The second kappa shape index (κ2) is 3.52. The summed E-state index contributed by atoms with van der Waals surface area (Å²) in [7, 11) is 3.05. The van der Waals surface area contributed by atoms with E-state index < -0.39 is 5.97 Å². The number of esters is 1. The average Bonchev–Trinajstić information content (AvgIpc) is 2.84. The molecule has 2 rings (SSSR count). The lowest BCUT2D eigenvalue weighted by molar-refractivity contribution is 0.0595. The number of rotatable bonds is 2. The molecule has 0 saturated carbocycles. The van der Waals surface area contributed by atoms with Crippen molar-refractivity contribution >= 4 is 5.97 Å². The van der Waals surface area contributed by atoms with E-state index in [2.05, 4.69) is 25.2 Å². The number of carbonyl (C=O) groups is 1. The van der Waals surface area contributed by atoms with Crippen LogP contribution in [0.25, 0.3) is 11.4 Å². The van der Waals surface area contributed by atoms with Gasteiger partial charge in [-0.25, -0.2) is 4.79 Å². The minimum absolute atomic E-state index is 0.154. The fourth-order valence-corrected chi connectivity index (χ4v) is 1.25. The summed E-state index contributed by atoms with van der Waals surface area (Å²) in [6, 6.07) is 1.74. The van der Waals surface area contributed by atoms with Crippen LogP contribution in [0.4, 0.5) is 0 Å². The maximum absolute atomic E-state index is 11.3. The first kappa shape index (κ1) is 9.38. The number of aromatic amines is 1. The van der Waals surface area contributed by atoms with Crippen molar-refractivity contribution in [1.82, 2.24) is 25.2 Å². The minimum atomic E-state index is -0.528. The SMILES string of the molecule is COC(=O)c1n[nH]nc1-c1ccnn1C. The van der Waals surface area contributed by atoms with Crippen LogP contribution in [0.3, 0.4) is 0 Å². The molecule has 0 radical (unpaired) electrons. The van der Waals surface area contributed by atoms with Crippen molar-refractivity contribution in [2.45, 2.75) is 0 Å². The number of hydrogen-bond acceptors (Lipinski definition) is 5. The fraction of sp³-hybridized carbons (Fsp3) is 0.250. The van der Waals surface area contributed by atoms with Gasteiger partial charge in [0.2, 0.25) is 0 Å². The second-order valence-corrected chi connectivity index (χ2v) is 2.85. The monoisotopic (exact) mass is 207 g/mol. The van der Waals surface area contributed by atoms with Crippen molar-refractivity contribution in [3.63, 3.8) is 0 Å². The van der Waals surface area contributed by atoms with Gasteiger partial charge in [0.25, 0.3) is 0 Å². The molecule has 0 fully saturated rings. The first-order valence-electron chi connectivity index (χ1n) is 4.21. The number of carbonyl (C=O) groups excluding carboxylic acids is 1. The van der Waals surface area contributed by atoms with E-state index in [9.17, 15) is 4.79 Å². The van der Waals surface area contributed by atoms with Gasteiger partial charge in [0, 0.05) is 13.2 Å². The molecule has 0 amide bonds. The summed E-state index contributed by atoms with van der Waals surface area (Å²) < 4.78 is 6.18. The molecule has 0 aliphatic rings. The molecule has 0 aromatic carbocycles. The van der Waals surface area contributed by atoms with Crippen LogP contribution in [0, 0.1) is 0 Å². The van der Waals surface area contributed by atoms with Crippen molar-refractivity contribution in [1.29, 1.82) is 0 Å². The molecule has 7 heteroatoms. The predicted octanol–water partition coefficient (Wildman–Crippen LogP) is -0.00820. The van der Waals surface area contributed by atoms with Crippen LogP contribution in [0.2, 0.25) is 0 Å². The Balaban J connectivity index is 2.50. The molecule has 7 nitrogen and oxygen atoms in total. The zero-order valence-electron chi connectivity index (χ0n) is 8.26. The number of aryl methyl sites for hydroxylation is 1. The van der Waals surface area contributed by atoms with Gasteiger partial charge in [-0.15, -0.1) is 5.10 Å². The van der Waals surface area contributed by atoms with E-state index in [4.69, 9.17) is 0 Å². The van der Waals surface area contributed by atoms with Gasteiger partial charge < -0.3 is 4.74 Å². The van der Waals surface area contributed by atoms with Gasteiger partial charge in [0.1, 0.15) is 5.69 Å². The van der Waals surface area contributed by atoms with E-state index in [0.29, 0.717) is 11.4 Å². The lowest BCUT2D eigenvalue weighted by Crippen LogP contribution is -2.05. The van der Waals surface area contributed by atoms with Gasteiger partial charge in [-0.05, 0) is 6.07 Å². The van der Waals surface area contributed by atoms with E-state index in [1.54, 1.807) is 24.0 Å². The number of methoxy groups -OCH3 is 1. The highest BCUT2D eigenvalue weighted by Crippen LogP contribution is 2.18. The van der Waals surface area contributed by atoms with Crippen LogP contribution >= 0.6 is 0 Å². The second-order valence-electron chi connectivity index (χ2n) is 2.85. The number of hydrogen-bond donors (Lipinski definition) is 1. The highest BCUT2D eigenvalue weighted by Gasteiger charge is 2.20. The summed E-state index contributed by atoms with van der Waals surface area (Å²) in [5.41, 5.74) is 1.28. The van der Waals surface area contributed by atoms with Crippen LogP contribution in [0.1, 0.15) is 10.5 Å². The quantitative estimate of drug-likeness (QED) is 0.700. The Hall–Kier alpha value is -2.18. The molecule has 1 N–H and O–H groups in total. The van der Waals surface area contributed by atoms with Gasteiger partial charge in [0.05, 0.1) is 12.8 Å². The lowest BCUT2D eigenvalue weighted by Gasteiger charge is -1.99. The van der Waals surface area contributed by atoms with E-state index in [1.165, 1.54) is 7.11 Å². The van der Waals surface area contributed by atoms with Crippen molar-refractivity contribution in [2.24, 2.45) is 7.05 Å². The fourth-order valence-electron chi connectivity index (χ4n) is 1.25. The number of nitrogens with one attached hydrogen (secondary N) is 1. The molecule has 0 bridgehead atoms. The summed E-state index contributed by atoms with van der Waals surface area (Å²) in [5, 5.41) is 14.0. The van der Waals surface area contributed by atoms with Gasteiger partial charge in [0.15, 0.2) is 5.69 Å². The standard InChI is InChI=1S/C8H9N5O2/c1-13-5(3-4-9-13)6-7(8(14)15-2)11-12-10-6/h3-4H,1-2H3,(H,10,11,12). The third kappa shape index (κ3) is 1.47. The molecular weight excluding hydrogens is 198 g/mol. The van der Waals surface area contributed by atoms with Gasteiger partial charge in [-0.1, -0.05) is 0 Å². The summed E-state index contributed by atoms with van der Waals surface area (Å²) in [6.45, 7) is 0. The summed E-state index contributed by atoms with van der Waals surface area (Å²) >= 11 is 0. The molecule has 0 atom stereocenters. The zero-order chi connectivity index (χ0) is 10.8. The number of H-pyrrole nitrogens is 1. The van der Waals surface area contributed by atoms with Gasteiger partial charge >= 0.3 is 5.97 Å². The smallest absolute Gasteiger partial charge is 0.360 e. The molecule has 0 aliphatic heterocycles. The third-order valence-corrected chi connectivity index (χ3v) is 1.99. The average molecular weight is 207 g/mol. The Morgan fingerprint density at radius 1 is 1.53 bits per heavy atom. The molecule has 0 unspecified atom stereocenters. The largest absolute Gasteiger partial charge is 0.464 e. The lowest BCUT2D eigenvalue weighted by atomic mass is 10.2.